The maximum atomic E-state index is 13.6. The highest BCUT2D eigenvalue weighted by molar-refractivity contribution is 6.30. The number of carboxylic acid groups (broad SMARTS) is 1. The van der Waals surface area contributed by atoms with Gasteiger partial charge in [-0.2, -0.15) is 0 Å². The van der Waals surface area contributed by atoms with Gasteiger partial charge in [0.25, 0.3) is 0 Å². The van der Waals surface area contributed by atoms with Gasteiger partial charge >= 0.3 is 5.97 Å². The maximum absolute atomic E-state index is 13.6. The Labute approximate surface area is 114 Å². The molecule has 0 atom stereocenters. The van der Waals surface area contributed by atoms with Crippen molar-refractivity contribution < 1.29 is 19.0 Å². The van der Waals surface area contributed by atoms with Gasteiger partial charge in [0, 0.05) is 5.02 Å². The minimum Gasteiger partial charge on any atom is -0.485 e. The molecule has 0 aliphatic rings. The van der Waals surface area contributed by atoms with Gasteiger partial charge in [-0.1, -0.05) is 29.8 Å². The van der Waals surface area contributed by atoms with Crippen LogP contribution in [0.1, 0.15) is 15.9 Å². The van der Waals surface area contributed by atoms with E-state index < -0.39 is 11.8 Å². The number of hydrogen-bond acceptors (Lipinski definition) is 2. The van der Waals surface area contributed by atoms with Crippen LogP contribution in [0, 0.1) is 5.82 Å². The van der Waals surface area contributed by atoms with Gasteiger partial charge < -0.3 is 9.84 Å². The van der Waals surface area contributed by atoms with E-state index >= 15 is 0 Å². The average molecular weight is 281 g/mol. The summed E-state index contributed by atoms with van der Waals surface area (Å²) in [6.45, 7) is 0.0678. The first-order valence-electron chi connectivity index (χ1n) is 5.47. The van der Waals surface area contributed by atoms with Crippen molar-refractivity contribution in [2.24, 2.45) is 0 Å². The Bertz CT molecular complexity index is 596. The minimum atomic E-state index is -1.23. The standard InChI is InChI=1S/C14H10ClFO3/c15-10-6-4-9(5-7-10)8-19-13-11(14(17)18)2-1-3-12(13)16/h1-7H,8H2,(H,17,18). The van der Waals surface area contributed by atoms with Crippen LogP contribution in [0.3, 0.4) is 0 Å². The number of rotatable bonds is 4. The zero-order valence-corrected chi connectivity index (χ0v) is 10.5. The van der Waals surface area contributed by atoms with Crippen molar-refractivity contribution in [3.8, 4) is 5.75 Å². The molecule has 0 radical (unpaired) electrons. The molecule has 1 N–H and O–H groups in total. The summed E-state index contributed by atoms with van der Waals surface area (Å²) in [6.07, 6.45) is 0. The fourth-order valence-corrected chi connectivity index (χ4v) is 1.69. The number of ether oxygens (including phenoxy) is 1. The molecule has 0 heterocycles. The van der Waals surface area contributed by atoms with Crippen LogP contribution >= 0.6 is 11.6 Å². The first-order chi connectivity index (χ1) is 9.08. The molecule has 0 saturated carbocycles. The summed E-state index contributed by atoms with van der Waals surface area (Å²) in [6, 6.07) is 10.6. The predicted octanol–water partition coefficient (Wildman–Crippen LogP) is 3.76. The van der Waals surface area contributed by atoms with Crippen LogP contribution in [0.15, 0.2) is 42.5 Å². The van der Waals surface area contributed by atoms with Crippen molar-refractivity contribution in [2.75, 3.05) is 0 Å². The van der Waals surface area contributed by atoms with Gasteiger partial charge in [-0.15, -0.1) is 0 Å². The molecular formula is C14H10ClFO3. The monoisotopic (exact) mass is 280 g/mol. The quantitative estimate of drug-likeness (QED) is 0.927. The van der Waals surface area contributed by atoms with Gasteiger partial charge in [0.1, 0.15) is 12.2 Å². The van der Waals surface area contributed by atoms with Crippen molar-refractivity contribution in [3.63, 3.8) is 0 Å². The highest BCUT2D eigenvalue weighted by atomic mass is 35.5. The molecule has 2 aromatic carbocycles. The van der Waals surface area contributed by atoms with Gasteiger partial charge in [-0.05, 0) is 29.8 Å². The van der Waals surface area contributed by atoms with E-state index in [1.807, 2.05) is 0 Å². The second-order valence-electron chi connectivity index (χ2n) is 3.84. The Morgan fingerprint density at radius 3 is 2.53 bits per heavy atom. The number of para-hydroxylation sites is 1. The average Bonchev–Trinajstić information content (AvgIpc) is 2.39. The summed E-state index contributed by atoms with van der Waals surface area (Å²) in [5.41, 5.74) is 0.568. The molecule has 0 unspecified atom stereocenters. The van der Waals surface area contributed by atoms with Crippen molar-refractivity contribution in [2.45, 2.75) is 6.61 Å². The van der Waals surface area contributed by atoms with E-state index in [0.717, 1.165) is 11.6 Å². The molecule has 0 aliphatic heterocycles. The predicted molar refractivity (Wildman–Crippen MR) is 69.1 cm³/mol. The summed E-state index contributed by atoms with van der Waals surface area (Å²) < 4.78 is 18.8. The summed E-state index contributed by atoms with van der Waals surface area (Å²) in [4.78, 5) is 11.0. The second-order valence-corrected chi connectivity index (χ2v) is 4.27. The SMILES string of the molecule is O=C(O)c1cccc(F)c1OCc1ccc(Cl)cc1. The van der Waals surface area contributed by atoms with E-state index in [4.69, 9.17) is 21.4 Å². The molecule has 2 aromatic rings. The fourth-order valence-electron chi connectivity index (χ4n) is 1.56. The molecule has 0 saturated heterocycles. The van der Waals surface area contributed by atoms with Crippen LogP contribution in [-0.4, -0.2) is 11.1 Å². The molecule has 2 rings (SSSR count). The lowest BCUT2D eigenvalue weighted by Gasteiger charge is -2.10. The lowest BCUT2D eigenvalue weighted by molar-refractivity contribution is 0.0690. The number of aromatic carboxylic acids is 1. The highest BCUT2D eigenvalue weighted by Gasteiger charge is 2.15. The van der Waals surface area contributed by atoms with Crippen molar-refractivity contribution in [3.05, 3.63) is 64.4 Å². The van der Waals surface area contributed by atoms with E-state index in [-0.39, 0.29) is 17.9 Å². The van der Waals surface area contributed by atoms with Crippen molar-refractivity contribution >= 4 is 17.6 Å². The van der Waals surface area contributed by atoms with Crippen LogP contribution in [0.5, 0.6) is 5.75 Å². The molecule has 0 amide bonds. The molecule has 0 spiro atoms. The van der Waals surface area contributed by atoms with Crippen LogP contribution in [0.25, 0.3) is 0 Å². The summed E-state index contributed by atoms with van der Waals surface area (Å²) in [5.74, 6) is -2.19. The third-order valence-electron chi connectivity index (χ3n) is 2.49. The first-order valence-corrected chi connectivity index (χ1v) is 5.85. The van der Waals surface area contributed by atoms with E-state index in [1.165, 1.54) is 12.1 Å². The third kappa shape index (κ3) is 3.23. The Hall–Kier alpha value is -2.07. The van der Waals surface area contributed by atoms with Gasteiger partial charge in [0.15, 0.2) is 11.6 Å². The normalized spacial score (nSPS) is 10.2. The minimum absolute atomic E-state index is 0.0678. The van der Waals surface area contributed by atoms with Gasteiger partial charge in [-0.25, -0.2) is 9.18 Å². The highest BCUT2D eigenvalue weighted by Crippen LogP contribution is 2.24. The Balaban J connectivity index is 2.19. The molecular weight excluding hydrogens is 271 g/mol. The van der Waals surface area contributed by atoms with Crippen LogP contribution in [-0.2, 0) is 6.61 Å². The molecule has 0 fully saturated rings. The van der Waals surface area contributed by atoms with E-state index in [9.17, 15) is 9.18 Å². The Morgan fingerprint density at radius 1 is 1.21 bits per heavy atom. The first kappa shape index (κ1) is 13.4. The number of carbonyl (C=O) groups is 1. The summed E-state index contributed by atoms with van der Waals surface area (Å²) in [7, 11) is 0. The van der Waals surface area contributed by atoms with Gasteiger partial charge in [0.05, 0.1) is 0 Å². The smallest absolute Gasteiger partial charge is 0.339 e. The van der Waals surface area contributed by atoms with Crippen molar-refractivity contribution in [1.82, 2.24) is 0 Å². The lowest BCUT2D eigenvalue weighted by atomic mass is 10.2. The zero-order valence-electron chi connectivity index (χ0n) is 9.77. The number of carboxylic acids is 1. The van der Waals surface area contributed by atoms with Crippen LogP contribution in [0.2, 0.25) is 5.02 Å². The molecule has 5 heteroatoms. The maximum Gasteiger partial charge on any atom is 0.339 e. The zero-order chi connectivity index (χ0) is 13.8. The molecule has 3 nitrogen and oxygen atoms in total. The Kier molecular flexibility index (Phi) is 4.02. The summed E-state index contributed by atoms with van der Waals surface area (Å²) >= 11 is 5.74. The van der Waals surface area contributed by atoms with Crippen LogP contribution < -0.4 is 4.74 Å². The second kappa shape index (κ2) is 5.71. The fraction of sp³-hybridized carbons (Fsp3) is 0.0714. The van der Waals surface area contributed by atoms with Crippen molar-refractivity contribution in [1.29, 1.82) is 0 Å². The van der Waals surface area contributed by atoms with E-state index in [1.54, 1.807) is 24.3 Å². The third-order valence-corrected chi connectivity index (χ3v) is 2.75. The van der Waals surface area contributed by atoms with E-state index in [0.29, 0.717) is 5.02 Å². The van der Waals surface area contributed by atoms with Gasteiger partial charge in [-0.3, -0.25) is 0 Å². The summed E-state index contributed by atoms with van der Waals surface area (Å²) in [5, 5.41) is 9.54. The van der Waals surface area contributed by atoms with E-state index in [2.05, 4.69) is 0 Å². The molecule has 19 heavy (non-hydrogen) atoms. The van der Waals surface area contributed by atoms with Gasteiger partial charge in [0.2, 0.25) is 0 Å². The number of hydrogen-bond donors (Lipinski definition) is 1. The molecule has 98 valence electrons. The largest absolute Gasteiger partial charge is 0.485 e. The molecule has 0 aliphatic carbocycles. The number of halogens is 2. The number of benzene rings is 2. The lowest BCUT2D eigenvalue weighted by Crippen LogP contribution is -2.05. The van der Waals surface area contributed by atoms with Crippen LogP contribution in [0.4, 0.5) is 4.39 Å². The Morgan fingerprint density at radius 2 is 1.89 bits per heavy atom. The molecule has 0 aromatic heterocycles. The molecule has 0 bridgehead atoms. The topological polar surface area (TPSA) is 46.5 Å².